The van der Waals surface area contributed by atoms with E-state index in [1.807, 2.05) is 6.07 Å². The Morgan fingerprint density at radius 2 is 2.05 bits per heavy atom. The average molecular weight is 345 g/mol. The highest BCUT2D eigenvalue weighted by molar-refractivity contribution is 6.35. The number of piperidine rings is 1. The van der Waals surface area contributed by atoms with Crippen molar-refractivity contribution in [3.05, 3.63) is 33.8 Å². The normalized spacial score (nSPS) is 17.4. The van der Waals surface area contributed by atoms with Crippen molar-refractivity contribution in [1.29, 1.82) is 0 Å². The summed E-state index contributed by atoms with van der Waals surface area (Å²) in [6.07, 6.45) is 2.63. The molecule has 4 nitrogen and oxygen atoms in total. The summed E-state index contributed by atoms with van der Waals surface area (Å²) in [6.45, 7) is 4.02. The minimum atomic E-state index is -0.0892. The van der Waals surface area contributed by atoms with E-state index in [2.05, 4.69) is 12.2 Å². The van der Waals surface area contributed by atoms with Gasteiger partial charge in [-0.25, -0.2) is 4.79 Å². The number of carbonyl (C=O) groups is 1. The third-order valence-electron chi connectivity index (χ3n) is 4.64. The molecule has 0 aromatic heterocycles. The molecule has 0 saturated carbocycles. The van der Waals surface area contributed by atoms with Crippen LogP contribution in [0.2, 0.25) is 10.0 Å². The number of likely N-dealkylation sites (tertiary alicyclic amines) is 1. The highest BCUT2D eigenvalue weighted by Crippen LogP contribution is 2.34. The zero-order valence-corrected chi connectivity index (χ0v) is 14.3. The van der Waals surface area contributed by atoms with Gasteiger partial charge >= 0.3 is 6.03 Å². The quantitative estimate of drug-likeness (QED) is 0.875. The molecule has 2 rings (SSSR count). The molecule has 0 atom stereocenters. The van der Waals surface area contributed by atoms with Crippen molar-refractivity contribution < 1.29 is 9.90 Å². The van der Waals surface area contributed by atoms with E-state index >= 15 is 0 Å². The van der Waals surface area contributed by atoms with Crippen molar-refractivity contribution >= 4 is 29.2 Å². The molecule has 6 heteroatoms. The molecule has 1 saturated heterocycles. The average Bonchev–Trinajstić information content (AvgIpc) is 2.54. The Balaban J connectivity index is 1.86. The van der Waals surface area contributed by atoms with Crippen LogP contribution in [-0.2, 0) is 6.54 Å². The lowest BCUT2D eigenvalue weighted by molar-refractivity contribution is 0.0519. The van der Waals surface area contributed by atoms with E-state index in [-0.39, 0.29) is 18.1 Å². The molecule has 22 heavy (non-hydrogen) atoms. The Hall–Kier alpha value is -0.970. The molecule has 0 spiro atoms. The van der Waals surface area contributed by atoms with Gasteiger partial charge in [0.05, 0.1) is 0 Å². The first-order chi connectivity index (χ1) is 10.5. The minimum absolute atomic E-state index is 0.0176. The van der Waals surface area contributed by atoms with Crippen LogP contribution in [0.1, 0.15) is 31.7 Å². The number of carbonyl (C=O) groups excluding carboxylic acids is 1. The van der Waals surface area contributed by atoms with Crippen LogP contribution < -0.4 is 5.32 Å². The van der Waals surface area contributed by atoms with Crippen molar-refractivity contribution in [2.75, 3.05) is 19.7 Å². The van der Waals surface area contributed by atoms with Crippen LogP contribution >= 0.6 is 23.2 Å². The summed E-state index contributed by atoms with van der Waals surface area (Å²) in [5.74, 6) is 0. The van der Waals surface area contributed by atoms with Crippen LogP contribution in [0.5, 0.6) is 0 Å². The molecule has 1 aromatic carbocycles. The molecular weight excluding hydrogens is 323 g/mol. The number of rotatable bonds is 4. The smallest absolute Gasteiger partial charge is 0.317 e. The zero-order chi connectivity index (χ0) is 16.2. The third kappa shape index (κ3) is 4.06. The van der Waals surface area contributed by atoms with Crippen molar-refractivity contribution in [1.82, 2.24) is 10.2 Å². The maximum absolute atomic E-state index is 12.2. The Labute approximate surface area is 141 Å². The van der Waals surface area contributed by atoms with E-state index in [0.717, 1.165) is 24.8 Å². The maximum atomic E-state index is 12.2. The van der Waals surface area contributed by atoms with E-state index in [1.54, 1.807) is 17.0 Å². The van der Waals surface area contributed by atoms with E-state index in [9.17, 15) is 9.90 Å². The number of nitrogens with zero attached hydrogens (tertiary/aromatic N) is 1. The molecule has 0 bridgehead atoms. The van der Waals surface area contributed by atoms with Crippen molar-refractivity contribution in [2.45, 2.75) is 32.7 Å². The SMILES string of the molecule is CCC1(CO)CCN(C(=O)NCc2ccc(Cl)cc2Cl)CC1. The van der Waals surface area contributed by atoms with Gasteiger partial charge in [-0.1, -0.05) is 36.2 Å². The van der Waals surface area contributed by atoms with E-state index in [1.165, 1.54) is 0 Å². The molecule has 1 aliphatic rings. The van der Waals surface area contributed by atoms with Gasteiger partial charge in [-0.15, -0.1) is 0 Å². The molecule has 122 valence electrons. The summed E-state index contributed by atoms with van der Waals surface area (Å²) in [4.78, 5) is 14.0. The molecule has 1 aromatic rings. The summed E-state index contributed by atoms with van der Waals surface area (Å²) in [7, 11) is 0. The first-order valence-electron chi connectivity index (χ1n) is 7.57. The van der Waals surface area contributed by atoms with Crippen molar-refractivity contribution in [3.8, 4) is 0 Å². The van der Waals surface area contributed by atoms with Crippen LogP contribution in [0.15, 0.2) is 18.2 Å². The van der Waals surface area contributed by atoms with Crippen molar-refractivity contribution in [2.24, 2.45) is 5.41 Å². The molecule has 0 aliphatic carbocycles. The summed E-state index contributed by atoms with van der Waals surface area (Å²) in [5, 5.41) is 13.5. The second-order valence-electron chi connectivity index (χ2n) is 5.89. The van der Waals surface area contributed by atoms with Gasteiger partial charge in [0.1, 0.15) is 0 Å². The second kappa shape index (κ2) is 7.53. The number of aliphatic hydroxyl groups is 1. The Morgan fingerprint density at radius 3 is 2.59 bits per heavy atom. The van der Waals surface area contributed by atoms with Gasteiger partial charge < -0.3 is 15.3 Å². The molecule has 1 fully saturated rings. The number of hydrogen-bond donors (Lipinski definition) is 2. The molecule has 1 aliphatic heterocycles. The van der Waals surface area contributed by atoms with Crippen LogP contribution in [0.4, 0.5) is 4.79 Å². The van der Waals surface area contributed by atoms with Gasteiger partial charge in [-0.05, 0) is 42.4 Å². The number of urea groups is 1. The molecular formula is C16H22Cl2N2O2. The van der Waals surface area contributed by atoms with Crippen LogP contribution in [0.25, 0.3) is 0 Å². The molecule has 2 amide bonds. The lowest BCUT2D eigenvalue weighted by Crippen LogP contribution is -2.48. The number of hydrogen-bond acceptors (Lipinski definition) is 2. The second-order valence-corrected chi connectivity index (χ2v) is 6.74. The van der Waals surface area contributed by atoms with Crippen LogP contribution in [-0.4, -0.2) is 35.7 Å². The summed E-state index contributed by atoms with van der Waals surface area (Å²) < 4.78 is 0. The number of benzene rings is 1. The topological polar surface area (TPSA) is 52.6 Å². The van der Waals surface area contributed by atoms with Gasteiger partial charge in [0.2, 0.25) is 0 Å². The van der Waals surface area contributed by atoms with Gasteiger partial charge in [-0.2, -0.15) is 0 Å². The van der Waals surface area contributed by atoms with Gasteiger partial charge in [0, 0.05) is 36.3 Å². The van der Waals surface area contributed by atoms with Crippen LogP contribution in [0, 0.1) is 5.41 Å². The van der Waals surface area contributed by atoms with E-state index in [4.69, 9.17) is 23.2 Å². The number of halogens is 2. The van der Waals surface area contributed by atoms with Gasteiger partial charge in [0.25, 0.3) is 0 Å². The predicted molar refractivity (Wildman–Crippen MR) is 89.3 cm³/mol. The number of nitrogens with one attached hydrogen (secondary N) is 1. The maximum Gasteiger partial charge on any atom is 0.317 e. The highest BCUT2D eigenvalue weighted by Gasteiger charge is 2.33. The minimum Gasteiger partial charge on any atom is -0.396 e. The largest absolute Gasteiger partial charge is 0.396 e. The fourth-order valence-electron chi connectivity index (χ4n) is 2.76. The first kappa shape index (κ1) is 17.4. The summed E-state index contributed by atoms with van der Waals surface area (Å²) in [6, 6.07) is 5.15. The lowest BCUT2D eigenvalue weighted by atomic mass is 9.77. The number of amides is 2. The fourth-order valence-corrected chi connectivity index (χ4v) is 3.23. The standard InChI is InChI=1S/C16H22Cl2N2O2/c1-2-16(11-21)5-7-20(8-6-16)15(22)19-10-12-3-4-13(17)9-14(12)18/h3-4,9,21H,2,5-8,10-11H2,1H3,(H,19,22). The Bertz CT molecular complexity index is 523. The third-order valence-corrected chi connectivity index (χ3v) is 5.23. The molecule has 0 radical (unpaired) electrons. The Kier molecular flexibility index (Phi) is 5.95. The van der Waals surface area contributed by atoms with Gasteiger partial charge in [0.15, 0.2) is 0 Å². The lowest BCUT2D eigenvalue weighted by Gasteiger charge is -2.40. The molecule has 2 N–H and O–H groups in total. The molecule has 0 unspecified atom stereocenters. The van der Waals surface area contributed by atoms with Gasteiger partial charge in [-0.3, -0.25) is 0 Å². The zero-order valence-electron chi connectivity index (χ0n) is 12.7. The Morgan fingerprint density at radius 1 is 1.36 bits per heavy atom. The first-order valence-corrected chi connectivity index (χ1v) is 8.33. The predicted octanol–water partition coefficient (Wildman–Crippen LogP) is 3.69. The number of aliphatic hydroxyl groups excluding tert-OH is 1. The monoisotopic (exact) mass is 344 g/mol. The van der Waals surface area contributed by atoms with Crippen LogP contribution in [0.3, 0.4) is 0 Å². The summed E-state index contributed by atoms with van der Waals surface area (Å²) in [5.41, 5.74) is 0.825. The fraction of sp³-hybridized carbons (Fsp3) is 0.562. The van der Waals surface area contributed by atoms with Crippen molar-refractivity contribution in [3.63, 3.8) is 0 Å². The molecule has 1 heterocycles. The summed E-state index contributed by atoms with van der Waals surface area (Å²) >= 11 is 12.0. The van der Waals surface area contributed by atoms with E-state index < -0.39 is 0 Å². The van der Waals surface area contributed by atoms with E-state index in [0.29, 0.717) is 29.7 Å². The highest BCUT2D eigenvalue weighted by atomic mass is 35.5.